The molecule has 0 atom stereocenters. The molecule has 0 saturated carbocycles. The minimum Gasteiger partial charge on any atom is -0.103 e. The first kappa shape index (κ1) is 12.2. The Labute approximate surface area is 94.2 Å². The quantitative estimate of drug-likeness (QED) is 0.374. The average Bonchev–Trinajstić information content (AvgIpc) is 1.85. The molecule has 0 aliphatic carbocycles. The summed E-state index contributed by atoms with van der Waals surface area (Å²) < 4.78 is -0.0405. The molecule has 0 nitrogen and oxygen atoms in total. The maximum atomic E-state index is 3.68. The molecule has 0 radical (unpaired) electrons. The number of alkyl halides is 3. The lowest BCUT2D eigenvalue weighted by Gasteiger charge is -2.10. The maximum Gasteiger partial charge on any atom is 0.135 e. The van der Waals surface area contributed by atoms with Crippen LogP contribution in [0.2, 0.25) is 0 Å². The molecule has 0 fully saturated rings. The van der Waals surface area contributed by atoms with Gasteiger partial charge in [0.25, 0.3) is 0 Å². The highest BCUT2D eigenvalue weighted by Gasteiger charge is 2.15. The zero-order valence-corrected chi connectivity index (χ0v) is 11.2. The molecule has 0 bridgehead atoms. The van der Waals surface area contributed by atoms with E-state index in [2.05, 4.69) is 54.4 Å². The van der Waals surface area contributed by atoms with Crippen molar-refractivity contribution in [2.75, 3.05) is 0 Å². The van der Waals surface area contributed by atoms with Crippen LogP contribution in [0.1, 0.15) is 32.1 Å². The van der Waals surface area contributed by atoms with Gasteiger partial charge < -0.3 is 0 Å². The molecule has 11 heavy (non-hydrogen) atoms. The van der Waals surface area contributed by atoms with E-state index < -0.39 is 0 Å². The van der Waals surface area contributed by atoms with Crippen LogP contribution in [0.5, 0.6) is 0 Å². The minimum atomic E-state index is -0.0405. The molecule has 0 rings (SSSR count). The van der Waals surface area contributed by atoms with Crippen molar-refractivity contribution in [3.63, 3.8) is 0 Å². The van der Waals surface area contributed by atoms with E-state index in [0.29, 0.717) is 0 Å². The van der Waals surface area contributed by atoms with Crippen LogP contribution in [0.25, 0.3) is 0 Å². The molecule has 0 aromatic rings. The second-order valence-electron chi connectivity index (χ2n) is 2.50. The number of allylic oxidation sites excluding steroid dienone is 1. The molecule has 0 heterocycles. The smallest absolute Gasteiger partial charge is 0.103 e. The zero-order chi connectivity index (χ0) is 8.74. The summed E-state index contributed by atoms with van der Waals surface area (Å²) >= 11 is 10.4. The molecular weight excluding hydrogens is 336 g/mol. The number of rotatable bonds is 5. The zero-order valence-electron chi connectivity index (χ0n) is 6.45. The average molecular weight is 349 g/mol. The van der Waals surface area contributed by atoms with Crippen molar-refractivity contribution in [2.24, 2.45) is 0 Å². The van der Waals surface area contributed by atoms with Gasteiger partial charge in [-0.1, -0.05) is 66.7 Å². The van der Waals surface area contributed by atoms with E-state index in [-0.39, 0.29) is 2.14 Å². The molecular formula is C8H13Br3. The summed E-state index contributed by atoms with van der Waals surface area (Å²) in [4.78, 5) is 0. The van der Waals surface area contributed by atoms with E-state index in [1.165, 1.54) is 19.3 Å². The van der Waals surface area contributed by atoms with Gasteiger partial charge in [-0.25, -0.2) is 0 Å². The first-order chi connectivity index (χ1) is 5.06. The van der Waals surface area contributed by atoms with Crippen LogP contribution in [-0.4, -0.2) is 2.14 Å². The fraction of sp³-hybridized carbons (Fsp3) is 0.750. The van der Waals surface area contributed by atoms with Crippen LogP contribution < -0.4 is 0 Å². The van der Waals surface area contributed by atoms with Crippen molar-refractivity contribution in [3.8, 4) is 0 Å². The third-order valence-corrected chi connectivity index (χ3v) is 2.56. The Bertz CT molecular complexity index is 104. The third-order valence-electron chi connectivity index (χ3n) is 1.37. The number of halogens is 3. The van der Waals surface area contributed by atoms with Crippen LogP contribution in [0.3, 0.4) is 0 Å². The molecule has 3 heteroatoms. The second kappa shape index (κ2) is 6.67. The summed E-state index contributed by atoms with van der Waals surface area (Å²) in [7, 11) is 0. The summed E-state index contributed by atoms with van der Waals surface area (Å²) in [5, 5.41) is 0. The molecule has 0 aromatic heterocycles. The topological polar surface area (TPSA) is 0 Å². The van der Waals surface area contributed by atoms with E-state index in [9.17, 15) is 0 Å². The van der Waals surface area contributed by atoms with Crippen molar-refractivity contribution in [3.05, 3.63) is 12.7 Å². The van der Waals surface area contributed by atoms with Crippen LogP contribution in [-0.2, 0) is 0 Å². The van der Waals surface area contributed by atoms with Gasteiger partial charge in [0.15, 0.2) is 0 Å². The van der Waals surface area contributed by atoms with Gasteiger partial charge in [0, 0.05) is 0 Å². The van der Waals surface area contributed by atoms with Crippen molar-refractivity contribution in [2.45, 2.75) is 34.2 Å². The van der Waals surface area contributed by atoms with Gasteiger partial charge in [0.2, 0.25) is 0 Å². The van der Waals surface area contributed by atoms with E-state index in [1.807, 2.05) is 6.08 Å². The molecule has 0 aromatic carbocycles. The monoisotopic (exact) mass is 346 g/mol. The van der Waals surface area contributed by atoms with Gasteiger partial charge in [-0.05, 0) is 19.3 Å². The lowest BCUT2D eigenvalue weighted by Crippen LogP contribution is -1.97. The fourth-order valence-corrected chi connectivity index (χ4v) is 1.63. The van der Waals surface area contributed by atoms with Gasteiger partial charge >= 0.3 is 0 Å². The molecule has 0 spiro atoms. The Morgan fingerprint density at radius 1 is 1.09 bits per heavy atom. The predicted molar refractivity (Wildman–Crippen MR) is 62.8 cm³/mol. The van der Waals surface area contributed by atoms with Gasteiger partial charge in [0.05, 0.1) is 0 Å². The van der Waals surface area contributed by atoms with Gasteiger partial charge in [-0.3, -0.25) is 0 Å². The third kappa shape index (κ3) is 11.2. The standard InChI is InChI=1S/C8H13Br3/c1-2-3-4-5-6-7-8(9,10)11/h2H,1,3-7H2. The van der Waals surface area contributed by atoms with Crippen molar-refractivity contribution >= 4 is 47.8 Å². The maximum absolute atomic E-state index is 3.68. The Hall–Kier alpha value is 1.18. The largest absolute Gasteiger partial charge is 0.135 e. The highest BCUT2D eigenvalue weighted by atomic mass is 80.0. The van der Waals surface area contributed by atoms with Gasteiger partial charge in [0.1, 0.15) is 2.14 Å². The Balaban J connectivity index is 3.08. The molecule has 0 aliphatic heterocycles. The minimum absolute atomic E-state index is 0.0405. The van der Waals surface area contributed by atoms with E-state index in [4.69, 9.17) is 0 Å². The molecule has 0 aliphatic rings. The van der Waals surface area contributed by atoms with E-state index >= 15 is 0 Å². The van der Waals surface area contributed by atoms with Crippen LogP contribution in [0.4, 0.5) is 0 Å². The fourth-order valence-electron chi connectivity index (χ4n) is 0.791. The highest BCUT2D eigenvalue weighted by Crippen LogP contribution is 2.38. The Morgan fingerprint density at radius 2 is 1.73 bits per heavy atom. The number of hydrogen-bond acceptors (Lipinski definition) is 0. The summed E-state index contributed by atoms with van der Waals surface area (Å²) in [5.74, 6) is 0. The summed E-state index contributed by atoms with van der Waals surface area (Å²) in [6.45, 7) is 3.68. The Kier molecular flexibility index (Phi) is 7.39. The van der Waals surface area contributed by atoms with Crippen LogP contribution >= 0.6 is 47.8 Å². The SMILES string of the molecule is C=CCCCCCC(Br)(Br)Br. The summed E-state index contributed by atoms with van der Waals surface area (Å²) in [6, 6.07) is 0. The highest BCUT2D eigenvalue weighted by molar-refractivity contribution is 9.39. The molecule has 0 unspecified atom stereocenters. The van der Waals surface area contributed by atoms with Crippen molar-refractivity contribution < 1.29 is 0 Å². The molecule has 0 saturated heterocycles. The van der Waals surface area contributed by atoms with Crippen molar-refractivity contribution in [1.82, 2.24) is 0 Å². The van der Waals surface area contributed by atoms with Crippen molar-refractivity contribution in [1.29, 1.82) is 0 Å². The molecule has 0 amide bonds. The van der Waals surface area contributed by atoms with Crippen LogP contribution in [0.15, 0.2) is 12.7 Å². The normalized spacial score (nSPS) is 11.5. The number of unbranched alkanes of at least 4 members (excludes halogenated alkanes) is 3. The molecule has 66 valence electrons. The lowest BCUT2D eigenvalue weighted by molar-refractivity contribution is 0.668. The first-order valence-electron chi connectivity index (χ1n) is 3.74. The molecule has 0 N–H and O–H groups in total. The summed E-state index contributed by atoms with van der Waals surface area (Å²) in [6.07, 6.45) is 7.98. The summed E-state index contributed by atoms with van der Waals surface area (Å²) in [5.41, 5.74) is 0. The van der Waals surface area contributed by atoms with Gasteiger partial charge in [-0.15, -0.1) is 6.58 Å². The Morgan fingerprint density at radius 3 is 2.18 bits per heavy atom. The first-order valence-corrected chi connectivity index (χ1v) is 6.12. The second-order valence-corrected chi connectivity index (χ2v) is 9.76. The van der Waals surface area contributed by atoms with Crippen LogP contribution in [0, 0.1) is 0 Å². The van der Waals surface area contributed by atoms with E-state index in [0.717, 1.165) is 12.8 Å². The number of hydrogen-bond donors (Lipinski definition) is 0. The predicted octanol–water partition coefficient (Wildman–Crippen LogP) is 4.96. The van der Waals surface area contributed by atoms with Gasteiger partial charge in [-0.2, -0.15) is 0 Å². The lowest BCUT2D eigenvalue weighted by atomic mass is 10.2. The van der Waals surface area contributed by atoms with E-state index in [1.54, 1.807) is 0 Å².